The lowest BCUT2D eigenvalue weighted by molar-refractivity contribution is -0.135. The molecule has 6 heteroatoms. The summed E-state index contributed by atoms with van der Waals surface area (Å²) in [4.78, 5) is 17.0. The number of nitrogens with zero attached hydrogens (tertiary/aromatic N) is 1. The molecule has 1 aromatic carbocycles. The first-order valence-electron chi connectivity index (χ1n) is 4.95. The number of amides is 1. The summed E-state index contributed by atoms with van der Waals surface area (Å²) in [6.45, 7) is 1.37. The number of nitrogens with one attached hydrogen (secondary N) is 1. The molecule has 3 N–H and O–H groups in total. The van der Waals surface area contributed by atoms with Crippen LogP contribution in [0.3, 0.4) is 0 Å². The molecule has 0 fully saturated rings. The van der Waals surface area contributed by atoms with Crippen LogP contribution in [0.15, 0.2) is 29.2 Å². The van der Waals surface area contributed by atoms with Gasteiger partial charge in [0, 0.05) is 17.1 Å². The standard InChI is InChI=1S/C10H13N3O2S/c11-10(14)7-15-13-6-5-12-8-3-1-2-4-9(8)16-13/h1-4,12H,5-7H2,(H2,11,14). The zero-order chi connectivity index (χ0) is 11.4. The van der Waals surface area contributed by atoms with Gasteiger partial charge in [0.1, 0.15) is 6.61 Å². The minimum Gasteiger partial charge on any atom is -0.383 e. The number of hydrogen-bond donors (Lipinski definition) is 2. The molecule has 0 saturated carbocycles. The molecule has 0 bridgehead atoms. The Hall–Kier alpha value is -1.24. The van der Waals surface area contributed by atoms with Crippen LogP contribution >= 0.6 is 11.9 Å². The van der Waals surface area contributed by atoms with Gasteiger partial charge >= 0.3 is 0 Å². The maximum absolute atomic E-state index is 10.6. The number of para-hydroxylation sites is 1. The SMILES string of the molecule is NC(=O)CON1CCNc2ccccc2S1. The van der Waals surface area contributed by atoms with Gasteiger partial charge in [-0.2, -0.15) is 0 Å². The first-order valence-corrected chi connectivity index (χ1v) is 5.72. The second-order valence-corrected chi connectivity index (χ2v) is 4.34. The highest BCUT2D eigenvalue weighted by Crippen LogP contribution is 2.31. The number of hydrogen-bond acceptors (Lipinski definition) is 5. The largest absolute Gasteiger partial charge is 0.383 e. The zero-order valence-corrected chi connectivity index (χ0v) is 9.50. The van der Waals surface area contributed by atoms with Crippen LogP contribution in [-0.2, 0) is 9.63 Å². The first kappa shape index (κ1) is 11.3. The van der Waals surface area contributed by atoms with Gasteiger partial charge in [-0.05, 0) is 24.1 Å². The van der Waals surface area contributed by atoms with Crippen LogP contribution in [0.2, 0.25) is 0 Å². The molecule has 0 atom stereocenters. The Balaban J connectivity index is 2.02. The lowest BCUT2D eigenvalue weighted by Gasteiger charge is -2.16. The predicted octanol–water partition coefficient (Wildman–Crippen LogP) is 0.838. The maximum Gasteiger partial charge on any atom is 0.245 e. The number of hydroxylamine groups is 1. The van der Waals surface area contributed by atoms with E-state index >= 15 is 0 Å². The number of fused-ring (bicyclic) bond motifs is 1. The van der Waals surface area contributed by atoms with Crippen molar-refractivity contribution in [1.29, 1.82) is 0 Å². The molecule has 1 aliphatic rings. The van der Waals surface area contributed by atoms with Crippen LogP contribution in [0.1, 0.15) is 0 Å². The molecule has 1 aliphatic heterocycles. The molecule has 16 heavy (non-hydrogen) atoms. The molecule has 2 rings (SSSR count). The molecular weight excluding hydrogens is 226 g/mol. The quantitative estimate of drug-likeness (QED) is 0.765. The minimum absolute atomic E-state index is 0.0881. The fraction of sp³-hybridized carbons (Fsp3) is 0.300. The van der Waals surface area contributed by atoms with Crippen LogP contribution in [0.4, 0.5) is 5.69 Å². The summed E-state index contributed by atoms with van der Waals surface area (Å²) in [5.41, 5.74) is 6.11. The summed E-state index contributed by atoms with van der Waals surface area (Å²) in [7, 11) is 0. The Bertz CT molecular complexity index is 386. The van der Waals surface area contributed by atoms with Crippen molar-refractivity contribution in [2.24, 2.45) is 5.73 Å². The summed E-state index contributed by atoms with van der Waals surface area (Å²) in [5, 5.41) is 3.28. The molecule has 1 heterocycles. The van der Waals surface area contributed by atoms with Crippen LogP contribution in [0, 0.1) is 0 Å². The fourth-order valence-electron chi connectivity index (χ4n) is 1.36. The van der Waals surface area contributed by atoms with Crippen molar-refractivity contribution >= 4 is 23.5 Å². The van der Waals surface area contributed by atoms with E-state index in [0.29, 0.717) is 6.54 Å². The molecule has 5 nitrogen and oxygen atoms in total. The summed E-state index contributed by atoms with van der Waals surface area (Å²) in [5.74, 6) is -0.467. The Morgan fingerprint density at radius 1 is 1.56 bits per heavy atom. The van der Waals surface area contributed by atoms with Crippen molar-refractivity contribution < 1.29 is 9.63 Å². The van der Waals surface area contributed by atoms with Gasteiger partial charge in [-0.3, -0.25) is 9.63 Å². The van der Waals surface area contributed by atoms with Gasteiger partial charge in [-0.25, -0.2) is 0 Å². The summed E-state index contributed by atoms with van der Waals surface area (Å²) < 4.78 is 1.67. The summed E-state index contributed by atoms with van der Waals surface area (Å²) >= 11 is 1.46. The van der Waals surface area contributed by atoms with E-state index in [1.165, 1.54) is 11.9 Å². The normalized spacial score (nSPS) is 16.0. The van der Waals surface area contributed by atoms with Crippen molar-refractivity contribution in [2.75, 3.05) is 25.0 Å². The van der Waals surface area contributed by atoms with Crippen molar-refractivity contribution in [3.8, 4) is 0 Å². The lowest BCUT2D eigenvalue weighted by atomic mass is 10.3. The molecule has 1 amide bonds. The van der Waals surface area contributed by atoms with E-state index in [0.717, 1.165) is 17.1 Å². The van der Waals surface area contributed by atoms with E-state index in [-0.39, 0.29) is 6.61 Å². The molecule has 0 unspecified atom stereocenters. The smallest absolute Gasteiger partial charge is 0.245 e. The average molecular weight is 239 g/mol. The van der Waals surface area contributed by atoms with Gasteiger partial charge in [0.05, 0.1) is 6.54 Å². The predicted molar refractivity (Wildman–Crippen MR) is 62.6 cm³/mol. The van der Waals surface area contributed by atoms with E-state index in [4.69, 9.17) is 10.6 Å². The number of rotatable bonds is 3. The highest BCUT2D eigenvalue weighted by Gasteiger charge is 2.15. The Labute approximate surface area is 98.0 Å². The van der Waals surface area contributed by atoms with Crippen LogP contribution in [0.25, 0.3) is 0 Å². The number of primary amides is 1. The van der Waals surface area contributed by atoms with Gasteiger partial charge in [0.25, 0.3) is 0 Å². The second-order valence-electron chi connectivity index (χ2n) is 3.31. The Kier molecular flexibility index (Phi) is 3.66. The van der Waals surface area contributed by atoms with Crippen LogP contribution in [-0.4, -0.2) is 30.1 Å². The van der Waals surface area contributed by atoms with Crippen molar-refractivity contribution in [1.82, 2.24) is 4.47 Å². The molecule has 0 radical (unpaired) electrons. The third-order valence-corrected chi connectivity index (χ3v) is 3.09. The number of nitrogens with two attached hydrogens (primary N) is 1. The monoisotopic (exact) mass is 239 g/mol. The number of anilines is 1. The maximum atomic E-state index is 10.6. The Morgan fingerprint density at radius 2 is 2.38 bits per heavy atom. The first-order chi connectivity index (χ1) is 7.75. The van der Waals surface area contributed by atoms with Crippen molar-refractivity contribution in [3.63, 3.8) is 0 Å². The fourth-order valence-corrected chi connectivity index (χ4v) is 2.24. The minimum atomic E-state index is -0.467. The number of benzene rings is 1. The second kappa shape index (κ2) is 5.20. The molecule has 0 saturated heterocycles. The van der Waals surface area contributed by atoms with E-state index in [2.05, 4.69) is 5.32 Å². The van der Waals surface area contributed by atoms with Gasteiger partial charge < -0.3 is 11.1 Å². The van der Waals surface area contributed by atoms with Gasteiger partial charge in [-0.15, -0.1) is 4.47 Å². The van der Waals surface area contributed by atoms with E-state index in [1.807, 2.05) is 24.3 Å². The van der Waals surface area contributed by atoms with Gasteiger partial charge in [0.15, 0.2) is 0 Å². The number of carbonyl (C=O) groups excluding carboxylic acids is 1. The highest BCUT2D eigenvalue weighted by molar-refractivity contribution is 7.97. The molecule has 0 aromatic heterocycles. The van der Waals surface area contributed by atoms with Crippen LogP contribution in [0.5, 0.6) is 0 Å². The van der Waals surface area contributed by atoms with E-state index in [1.54, 1.807) is 4.47 Å². The average Bonchev–Trinajstić information content (AvgIpc) is 2.47. The molecule has 0 aliphatic carbocycles. The van der Waals surface area contributed by atoms with Gasteiger partial charge in [-0.1, -0.05) is 12.1 Å². The third kappa shape index (κ3) is 2.88. The van der Waals surface area contributed by atoms with Crippen molar-refractivity contribution in [3.05, 3.63) is 24.3 Å². The topological polar surface area (TPSA) is 67.6 Å². The third-order valence-electron chi connectivity index (χ3n) is 2.05. The van der Waals surface area contributed by atoms with E-state index < -0.39 is 5.91 Å². The zero-order valence-electron chi connectivity index (χ0n) is 8.68. The van der Waals surface area contributed by atoms with Crippen LogP contribution < -0.4 is 11.1 Å². The van der Waals surface area contributed by atoms with Crippen molar-refractivity contribution in [2.45, 2.75) is 4.90 Å². The summed E-state index contributed by atoms with van der Waals surface area (Å²) in [6, 6.07) is 7.95. The highest BCUT2D eigenvalue weighted by atomic mass is 32.2. The molecule has 1 aromatic rings. The molecule has 86 valence electrons. The summed E-state index contributed by atoms with van der Waals surface area (Å²) in [6.07, 6.45) is 0. The molecule has 0 spiro atoms. The van der Waals surface area contributed by atoms with E-state index in [9.17, 15) is 4.79 Å². The Morgan fingerprint density at radius 3 is 3.19 bits per heavy atom. The number of carbonyl (C=O) groups is 1. The van der Waals surface area contributed by atoms with Gasteiger partial charge in [0.2, 0.25) is 5.91 Å². The lowest BCUT2D eigenvalue weighted by Crippen LogP contribution is -2.27. The molecular formula is C10H13N3O2S.